The van der Waals surface area contributed by atoms with Gasteiger partial charge in [0.2, 0.25) is 0 Å². The first-order chi connectivity index (χ1) is 10.4. The van der Waals surface area contributed by atoms with Gasteiger partial charge in [0.1, 0.15) is 12.1 Å². The van der Waals surface area contributed by atoms with Crippen LogP contribution in [0.3, 0.4) is 0 Å². The Labute approximate surface area is 122 Å². The van der Waals surface area contributed by atoms with E-state index in [4.69, 9.17) is 0 Å². The van der Waals surface area contributed by atoms with Crippen LogP contribution in [0.2, 0.25) is 0 Å². The van der Waals surface area contributed by atoms with Crippen molar-refractivity contribution in [3.8, 4) is 0 Å². The highest BCUT2D eigenvalue weighted by molar-refractivity contribution is 5.46. The fraction of sp³-hybridized carbons (Fsp3) is 0.333. The van der Waals surface area contributed by atoms with Gasteiger partial charge in [-0.1, -0.05) is 0 Å². The van der Waals surface area contributed by atoms with Crippen molar-refractivity contribution < 1.29 is 13.2 Å². The first kappa shape index (κ1) is 14.3. The van der Waals surface area contributed by atoms with Gasteiger partial charge in [-0.2, -0.15) is 32.9 Å². The second kappa shape index (κ2) is 4.97. The lowest BCUT2D eigenvalue weighted by molar-refractivity contribution is -0.141. The summed E-state index contributed by atoms with van der Waals surface area (Å²) in [6.45, 7) is 2.19. The number of rotatable bonds is 3. The van der Waals surface area contributed by atoms with E-state index in [1.807, 2.05) is 6.92 Å². The predicted octanol–water partition coefficient (Wildman–Crippen LogP) is 1.80. The van der Waals surface area contributed by atoms with Crippen LogP contribution in [0.5, 0.6) is 0 Å². The van der Waals surface area contributed by atoms with Gasteiger partial charge < -0.3 is 5.32 Å². The summed E-state index contributed by atoms with van der Waals surface area (Å²) >= 11 is 0. The van der Waals surface area contributed by atoms with E-state index in [0.29, 0.717) is 6.54 Å². The van der Waals surface area contributed by atoms with Crippen LogP contribution in [-0.2, 0) is 19.8 Å². The van der Waals surface area contributed by atoms with Crippen LogP contribution in [0.4, 0.5) is 19.0 Å². The highest BCUT2D eigenvalue weighted by Gasteiger charge is 2.34. The van der Waals surface area contributed by atoms with Crippen molar-refractivity contribution >= 4 is 11.6 Å². The molecule has 0 saturated carbocycles. The zero-order valence-corrected chi connectivity index (χ0v) is 11.8. The van der Waals surface area contributed by atoms with Crippen molar-refractivity contribution in [3.63, 3.8) is 0 Å². The molecule has 3 heterocycles. The Hall–Kier alpha value is -2.65. The Bertz CT molecular complexity index is 818. The second-order valence-corrected chi connectivity index (χ2v) is 4.73. The van der Waals surface area contributed by atoms with Gasteiger partial charge in [-0.3, -0.25) is 4.68 Å². The molecule has 0 aliphatic heterocycles. The topological polar surface area (TPSA) is 72.9 Å². The van der Waals surface area contributed by atoms with Crippen LogP contribution in [0.1, 0.15) is 17.0 Å². The van der Waals surface area contributed by atoms with Crippen molar-refractivity contribution in [2.45, 2.75) is 19.6 Å². The van der Waals surface area contributed by atoms with Gasteiger partial charge in [0.25, 0.3) is 5.78 Å². The first-order valence-electron chi connectivity index (χ1n) is 6.35. The highest BCUT2D eigenvalue weighted by atomic mass is 19.4. The Morgan fingerprint density at radius 1 is 1.27 bits per heavy atom. The molecule has 7 nitrogen and oxygen atoms in total. The predicted molar refractivity (Wildman–Crippen MR) is 71.1 cm³/mol. The molecule has 10 heteroatoms. The molecule has 0 fully saturated rings. The monoisotopic (exact) mass is 311 g/mol. The molecule has 3 aromatic rings. The van der Waals surface area contributed by atoms with E-state index in [-0.39, 0.29) is 11.6 Å². The van der Waals surface area contributed by atoms with Crippen molar-refractivity contribution in [3.05, 3.63) is 35.5 Å². The van der Waals surface area contributed by atoms with Gasteiger partial charge >= 0.3 is 6.18 Å². The minimum atomic E-state index is -4.55. The third-order valence-corrected chi connectivity index (χ3v) is 3.34. The molecule has 22 heavy (non-hydrogen) atoms. The number of alkyl halides is 3. The molecule has 116 valence electrons. The van der Waals surface area contributed by atoms with Crippen molar-refractivity contribution in [2.24, 2.45) is 7.05 Å². The maximum atomic E-state index is 12.9. The number of hydrogen-bond donors (Lipinski definition) is 1. The third-order valence-electron chi connectivity index (χ3n) is 3.34. The molecule has 0 bridgehead atoms. The van der Waals surface area contributed by atoms with Gasteiger partial charge in [-0.15, -0.1) is 0 Å². The molecule has 0 saturated heterocycles. The summed E-state index contributed by atoms with van der Waals surface area (Å²) in [7, 11) is 1.79. The summed E-state index contributed by atoms with van der Waals surface area (Å²) in [6.07, 6.45) is -1.73. The van der Waals surface area contributed by atoms with Crippen molar-refractivity contribution in [2.75, 3.05) is 5.32 Å². The minimum Gasteiger partial charge on any atom is -0.366 e. The lowest BCUT2D eigenvalue weighted by Crippen LogP contribution is -2.13. The van der Waals surface area contributed by atoms with Gasteiger partial charge in [-0.25, -0.2) is 4.98 Å². The van der Waals surface area contributed by atoms with E-state index in [1.165, 1.54) is 4.52 Å². The van der Waals surface area contributed by atoms with Crippen LogP contribution in [0.25, 0.3) is 5.78 Å². The summed E-state index contributed by atoms with van der Waals surface area (Å²) in [5, 5.41) is 10.9. The lowest BCUT2D eigenvalue weighted by Gasteiger charge is -2.11. The molecule has 0 aromatic carbocycles. The SMILES string of the molecule is Cc1c(CNc2cc(C(F)(F)F)nc3ncnn23)cnn1C. The Morgan fingerprint density at radius 2 is 2.05 bits per heavy atom. The van der Waals surface area contributed by atoms with E-state index in [2.05, 4.69) is 25.5 Å². The zero-order chi connectivity index (χ0) is 15.9. The second-order valence-electron chi connectivity index (χ2n) is 4.73. The van der Waals surface area contributed by atoms with Gasteiger partial charge in [-0.05, 0) is 6.92 Å². The Morgan fingerprint density at radius 3 is 2.68 bits per heavy atom. The molecule has 0 unspecified atom stereocenters. The summed E-state index contributed by atoms with van der Waals surface area (Å²) in [4.78, 5) is 7.17. The number of nitrogens with zero attached hydrogens (tertiary/aromatic N) is 6. The van der Waals surface area contributed by atoms with Crippen LogP contribution >= 0.6 is 0 Å². The highest BCUT2D eigenvalue weighted by Crippen LogP contribution is 2.29. The van der Waals surface area contributed by atoms with Crippen molar-refractivity contribution in [1.29, 1.82) is 0 Å². The Kier molecular flexibility index (Phi) is 3.23. The minimum absolute atomic E-state index is 0.111. The van der Waals surface area contributed by atoms with Crippen LogP contribution < -0.4 is 5.32 Å². The number of halogens is 3. The third kappa shape index (κ3) is 2.47. The number of aryl methyl sites for hydroxylation is 1. The van der Waals surface area contributed by atoms with Gasteiger partial charge in [0, 0.05) is 30.9 Å². The summed E-state index contributed by atoms with van der Waals surface area (Å²) in [5.74, 6) is 0.0540. The maximum absolute atomic E-state index is 12.9. The molecule has 0 radical (unpaired) electrons. The van der Waals surface area contributed by atoms with Gasteiger partial charge in [0.15, 0.2) is 5.69 Å². The Balaban J connectivity index is 1.95. The fourth-order valence-corrected chi connectivity index (χ4v) is 1.99. The van der Waals surface area contributed by atoms with Crippen LogP contribution in [-0.4, -0.2) is 29.4 Å². The average molecular weight is 311 g/mol. The van der Waals surface area contributed by atoms with E-state index in [1.54, 1.807) is 17.9 Å². The average Bonchev–Trinajstić information content (AvgIpc) is 3.04. The molecule has 0 atom stereocenters. The molecule has 0 aliphatic carbocycles. The van der Waals surface area contributed by atoms with Crippen LogP contribution in [0.15, 0.2) is 18.6 Å². The number of anilines is 1. The first-order valence-corrected chi connectivity index (χ1v) is 6.35. The number of aromatic nitrogens is 6. The standard InChI is InChI=1S/C12H12F3N7/c1-7-8(5-18-21(7)2)4-16-10-3-9(12(13,14)15)20-11-17-6-19-22(10)11/h3,5-6,16H,4H2,1-2H3. The smallest absolute Gasteiger partial charge is 0.366 e. The molecule has 0 amide bonds. The van der Waals surface area contributed by atoms with E-state index >= 15 is 0 Å². The molecule has 3 aromatic heterocycles. The number of fused-ring (bicyclic) bond motifs is 1. The largest absolute Gasteiger partial charge is 0.433 e. The van der Waals surface area contributed by atoms with Crippen LogP contribution in [0, 0.1) is 6.92 Å². The molecule has 0 aliphatic rings. The number of nitrogens with one attached hydrogen (secondary N) is 1. The number of hydrogen-bond acceptors (Lipinski definition) is 5. The molecule has 1 N–H and O–H groups in total. The zero-order valence-electron chi connectivity index (χ0n) is 11.8. The van der Waals surface area contributed by atoms with E-state index in [9.17, 15) is 13.2 Å². The quantitative estimate of drug-likeness (QED) is 0.798. The normalized spacial score (nSPS) is 12.0. The molecule has 3 rings (SSSR count). The molecular weight excluding hydrogens is 299 g/mol. The molecule has 0 spiro atoms. The maximum Gasteiger partial charge on any atom is 0.433 e. The fourth-order valence-electron chi connectivity index (χ4n) is 1.99. The van der Waals surface area contributed by atoms with E-state index in [0.717, 1.165) is 23.7 Å². The molecular formula is C12H12F3N7. The lowest BCUT2D eigenvalue weighted by atomic mass is 10.2. The van der Waals surface area contributed by atoms with Crippen molar-refractivity contribution in [1.82, 2.24) is 29.4 Å². The summed E-state index contributed by atoms with van der Waals surface area (Å²) in [5.41, 5.74) is 0.784. The summed E-state index contributed by atoms with van der Waals surface area (Å²) in [6, 6.07) is 0.910. The van der Waals surface area contributed by atoms with E-state index < -0.39 is 11.9 Å². The van der Waals surface area contributed by atoms with Gasteiger partial charge in [0.05, 0.1) is 6.20 Å². The summed E-state index contributed by atoms with van der Waals surface area (Å²) < 4.78 is 41.5.